The summed E-state index contributed by atoms with van der Waals surface area (Å²) in [4.78, 5) is 26.0. The zero-order valence-electron chi connectivity index (χ0n) is 15.8. The first-order valence-electron chi connectivity index (χ1n) is 9.29. The van der Waals surface area contributed by atoms with Crippen molar-refractivity contribution < 1.29 is 9.59 Å². The Hall–Kier alpha value is -1.88. The molecule has 0 radical (unpaired) electrons. The molecule has 0 aliphatic carbocycles. The monoisotopic (exact) mass is 345 g/mol. The highest BCUT2D eigenvalue weighted by Gasteiger charge is 2.31. The smallest absolute Gasteiger partial charge is 0.237 e. The molecule has 1 heterocycles. The lowest BCUT2D eigenvalue weighted by Crippen LogP contribution is -2.55. The normalized spacial score (nSPS) is 23.0. The van der Waals surface area contributed by atoms with Crippen LogP contribution < -0.4 is 10.6 Å². The number of likely N-dealkylation sites (tertiary alicyclic amines) is 1. The van der Waals surface area contributed by atoms with Gasteiger partial charge in [0.25, 0.3) is 0 Å². The molecule has 0 aromatic heterocycles. The van der Waals surface area contributed by atoms with Crippen LogP contribution in [-0.4, -0.2) is 41.9 Å². The van der Waals surface area contributed by atoms with E-state index in [2.05, 4.69) is 17.6 Å². The molecule has 1 aliphatic heterocycles. The molecule has 1 fully saturated rings. The van der Waals surface area contributed by atoms with Crippen LogP contribution in [0.5, 0.6) is 0 Å². The zero-order valence-corrected chi connectivity index (χ0v) is 15.8. The summed E-state index contributed by atoms with van der Waals surface area (Å²) >= 11 is 0. The van der Waals surface area contributed by atoms with Crippen LogP contribution >= 0.6 is 0 Å². The summed E-state index contributed by atoms with van der Waals surface area (Å²) in [6, 6.07) is 9.98. The Kier molecular flexibility index (Phi) is 7.00. The van der Waals surface area contributed by atoms with Gasteiger partial charge in [0.05, 0.1) is 12.1 Å². The number of carbonyl (C=O) groups is 2. The lowest BCUT2D eigenvalue weighted by Gasteiger charge is -2.39. The summed E-state index contributed by atoms with van der Waals surface area (Å²) in [6.07, 6.45) is 1.89. The van der Waals surface area contributed by atoms with Gasteiger partial charge < -0.3 is 15.5 Å². The summed E-state index contributed by atoms with van der Waals surface area (Å²) in [5.41, 5.74) is 1.10. The quantitative estimate of drug-likeness (QED) is 0.833. The molecule has 2 rings (SSSR count). The van der Waals surface area contributed by atoms with Gasteiger partial charge in [0, 0.05) is 26.1 Å². The Bertz CT molecular complexity index is 576. The van der Waals surface area contributed by atoms with Crippen LogP contribution in [0.4, 0.5) is 0 Å². The maximum absolute atomic E-state index is 12.5. The topological polar surface area (TPSA) is 61.4 Å². The van der Waals surface area contributed by atoms with Crippen LogP contribution in [0.2, 0.25) is 0 Å². The zero-order chi connectivity index (χ0) is 18.4. The van der Waals surface area contributed by atoms with Crippen LogP contribution in [0, 0.1) is 5.92 Å². The number of carbonyl (C=O) groups excluding carboxylic acids is 2. The standard InChI is InChI=1S/C20H31N3O2/c1-5-17-13-23(16(4)24)12-11-19(17)21-15(3)20(25)22-14(2)18-9-7-6-8-10-18/h6-10,14-15,17,19,21H,5,11-13H2,1-4H3,(H,22,25)/t14-,15+,17+,19-/m0/s1. The number of hydrogen-bond acceptors (Lipinski definition) is 3. The van der Waals surface area contributed by atoms with Gasteiger partial charge in [0.2, 0.25) is 11.8 Å². The van der Waals surface area contributed by atoms with Crippen LogP contribution in [-0.2, 0) is 9.59 Å². The van der Waals surface area contributed by atoms with Gasteiger partial charge >= 0.3 is 0 Å². The van der Waals surface area contributed by atoms with Crippen molar-refractivity contribution in [2.45, 2.75) is 58.7 Å². The molecule has 1 aliphatic rings. The number of hydrogen-bond donors (Lipinski definition) is 2. The molecule has 5 nitrogen and oxygen atoms in total. The number of benzene rings is 1. The molecule has 0 saturated carbocycles. The Morgan fingerprint density at radius 3 is 2.52 bits per heavy atom. The number of piperidine rings is 1. The Morgan fingerprint density at radius 2 is 1.92 bits per heavy atom. The maximum Gasteiger partial charge on any atom is 0.237 e. The fourth-order valence-corrected chi connectivity index (χ4v) is 3.51. The lowest BCUT2D eigenvalue weighted by atomic mass is 9.89. The fraction of sp³-hybridized carbons (Fsp3) is 0.600. The van der Waals surface area contributed by atoms with E-state index in [1.165, 1.54) is 0 Å². The molecule has 1 aromatic carbocycles. The van der Waals surface area contributed by atoms with Gasteiger partial charge in [-0.1, -0.05) is 43.7 Å². The van der Waals surface area contributed by atoms with Crippen molar-refractivity contribution in [3.05, 3.63) is 35.9 Å². The number of amides is 2. The molecule has 0 spiro atoms. The molecule has 2 N–H and O–H groups in total. The molecule has 1 aromatic rings. The van der Waals surface area contributed by atoms with Gasteiger partial charge in [0.15, 0.2) is 0 Å². The van der Waals surface area contributed by atoms with Crippen molar-refractivity contribution in [1.82, 2.24) is 15.5 Å². The van der Waals surface area contributed by atoms with E-state index in [4.69, 9.17) is 0 Å². The van der Waals surface area contributed by atoms with E-state index in [9.17, 15) is 9.59 Å². The highest BCUT2D eigenvalue weighted by Crippen LogP contribution is 2.21. The summed E-state index contributed by atoms with van der Waals surface area (Å²) in [6.45, 7) is 9.22. The lowest BCUT2D eigenvalue weighted by molar-refractivity contribution is -0.131. The molecule has 0 unspecified atom stereocenters. The Morgan fingerprint density at radius 1 is 1.24 bits per heavy atom. The Labute approximate surface area is 151 Å². The molecule has 0 bridgehead atoms. The van der Waals surface area contributed by atoms with Crippen molar-refractivity contribution >= 4 is 11.8 Å². The summed E-state index contributed by atoms with van der Waals surface area (Å²) in [7, 11) is 0. The highest BCUT2D eigenvalue weighted by molar-refractivity contribution is 5.81. The van der Waals surface area contributed by atoms with Crippen molar-refractivity contribution in [1.29, 1.82) is 0 Å². The van der Waals surface area contributed by atoms with Crippen LogP contribution in [0.15, 0.2) is 30.3 Å². The minimum Gasteiger partial charge on any atom is -0.348 e. The first-order chi connectivity index (χ1) is 11.9. The van der Waals surface area contributed by atoms with Gasteiger partial charge in [-0.2, -0.15) is 0 Å². The first kappa shape index (κ1) is 19.4. The minimum absolute atomic E-state index is 0.0141. The summed E-state index contributed by atoms with van der Waals surface area (Å²) in [5, 5.41) is 6.57. The number of nitrogens with one attached hydrogen (secondary N) is 2. The van der Waals surface area contributed by atoms with Gasteiger partial charge in [-0.05, 0) is 31.7 Å². The van der Waals surface area contributed by atoms with Gasteiger partial charge in [-0.25, -0.2) is 0 Å². The summed E-state index contributed by atoms with van der Waals surface area (Å²) < 4.78 is 0. The second-order valence-electron chi connectivity index (χ2n) is 7.06. The third-order valence-electron chi connectivity index (χ3n) is 5.22. The van der Waals surface area contributed by atoms with Crippen molar-refractivity contribution in [3.63, 3.8) is 0 Å². The van der Waals surface area contributed by atoms with Gasteiger partial charge in [-0.15, -0.1) is 0 Å². The molecule has 2 amide bonds. The van der Waals surface area contributed by atoms with E-state index in [0.717, 1.165) is 31.5 Å². The van der Waals surface area contributed by atoms with E-state index >= 15 is 0 Å². The van der Waals surface area contributed by atoms with Crippen molar-refractivity contribution in [3.8, 4) is 0 Å². The molecule has 138 valence electrons. The predicted molar refractivity (Wildman–Crippen MR) is 100 cm³/mol. The molecule has 25 heavy (non-hydrogen) atoms. The molecular weight excluding hydrogens is 314 g/mol. The average molecular weight is 345 g/mol. The second-order valence-corrected chi connectivity index (χ2v) is 7.06. The van der Waals surface area contributed by atoms with E-state index in [1.807, 2.05) is 49.1 Å². The molecule has 5 heteroatoms. The Balaban J connectivity index is 1.88. The number of nitrogens with zero attached hydrogens (tertiary/aromatic N) is 1. The maximum atomic E-state index is 12.5. The largest absolute Gasteiger partial charge is 0.348 e. The second kappa shape index (κ2) is 8.99. The minimum atomic E-state index is -0.255. The summed E-state index contributed by atoms with van der Waals surface area (Å²) in [5.74, 6) is 0.541. The fourth-order valence-electron chi connectivity index (χ4n) is 3.51. The third-order valence-corrected chi connectivity index (χ3v) is 5.22. The van der Waals surface area contributed by atoms with E-state index in [0.29, 0.717) is 5.92 Å². The van der Waals surface area contributed by atoms with E-state index in [1.54, 1.807) is 6.92 Å². The number of rotatable bonds is 6. The SMILES string of the molecule is CC[C@@H]1CN(C(C)=O)CC[C@@H]1N[C@H](C)C(=O)N[C@@H](C)c1ccccc1. The van der Waals surface area contributed by atoms with E-state index < -0.39 is 0 Å². The van der Waals surface area contributed by atoms with Crippen molar-refractivity contribution in [2.75, 3.05) is 13.1 Å². The van der Waals surface area contributed by atoms with Gasteiger partial charge in [0.1, 0.15) is 0 Å². The predicted octanol–water partition coefficient (Wildman–Crippen LogP) is 2.49. The van der Waals surface area contributed by atoms with Crippen LogP contribution in [0.3, 0.4) is 0 Å². The molecule has 1 saturated heterocycles. The molecule has 4 atom stereocenters. The molecular formula is C20H31N3O2. The highest BCUT2D eigenvalue weighted by atomic mass is 16.2. The average Bonchev–Trinajstić information content (AvgIpc) is 2.62. The van der Waals surface area contributed by atoms with Crippen molar-refractivity contribution in [2.24, 2.45) is 5.92 Å². The van der Waals surface area contributed by atoms with Crippen LogP contribution in [0.25, 0.3) is 0 Å². The van der Waals surface area contributed by atoms with Crippen LogP contribution in [0.1, 0.15) is 52.1 Å². The van der Waals surface area contributed by atoms with E-state index in [-0.39, 0.29) is 29.9 Å². The third kappa shape index (κ3) is 5.30. The first-order valence-corrected chi connectivity index (χ1v) is 9.29. The van der Waals surface area contributed by atoms with Gasteiger partial charge in [-0.3, -0.25) is 9.59 Å².